The molecule has 1 aromatic rings. The molecule has 1 rings (SSSR count). The summed E-state index contributed by atoms with van der Waals surface area (Å²) < 4.78 is 5.07. The average molecular weight is 223 g/mol. The molecule has 0 spiro atoms. The van der Waals surface area contributed by atoms with Gasteiger partial charge in [0.2, 0.25) is 5.91 Å². The van der Waals surface area contributed by atoms with Crippen LogP contribution in [0.1, 0.15) is 18.9 Å². The van der Waals surface area contributed by atoms with E-state index in [1.54, 1.807) is 18.2 Å². The van der Waals surface area contributed by atoms with E-state index in [0.29, 0.717) is 31.7 Å². The van der Waals surface area contributed by atoms with E-state index in [2.05, 4.69) is 5.32 Å². The number of phenolic OH excluding ortho intramolecular Hbond substituents is 1. The summed E-state index contributed by atoms with van der Waals surface area (Å²) in [6.07, 6.45) is 0.349. The zero-order valence-corrected chi connectivity index (χ0v) is 9.40. The fourth-order valence-electron chi connectivity index (χ4n) is 1.25. The summed E-state index contributed by atoms with van der Waals surface area (Å²) >= 11 is 0. The SMILES string of the molecule is CCOCCC(=O)NCc1ccccc1O. The molecule has 88 valence electrons. The van der Waals surface area contributed by atoms with Gasteiger partial charge >= 0.3 is 0 Å². The molecule has 0 aliphatic heterocycles. The Morgan fingerprint density at radius 2 is 2.19 bits per heavy atom. The molecule has 0 aliphatic carbocycles. The van der Waals surface area contributed by atoms with E-state index in [1.165, 1.54) is 0 Å². The van der Waals surface area contributed by atoms with E-state index in [4.69, 9.17) is 4.74 Å². The van der Waals surface area contributed by atoms with Crippen LogP contribution in [0.15, 0.2) is 24.3 Å². The summed E-state index contributed by atoms with van der Waals surface area (Å²) in [5, 5.41) is 12.2. The van der Waals surface area contributed by atoms with Crippen molar-refractivity contribution in [2.75, 3.05) is 13.2 Å². The van der Waals surface area contributed by atoms with Crippen molar-refractivity contribution in [3.63, 3.8) is 0 Å². The molecule has 0 fully saturated rings. The monoisotopic (exact) mass is 223 g/mol. The first-order chi connectivity index (χ1) is 7.74. The lowest BCUT2D eigenvalue weighted by atomic mass is 10.2. The maximum Gasteiger partial charge on any atom is 0.222 e. The highest BCUT2D eigenvalue weighted by molar-refractivity contribution is 5.76. The highest BCUT2D eigenvalue weighted by Crippen LogP contribution is 2.14. The van der Waals surface area contributed by atoms with Gasteiger partial charge in [0.05, 0.1) is 6.61 Å². The third kappa shape index (κ3) is 4.31. The molecule has 4 heteroatoms. The molecule has 0 aliphatic rings. The smallest absolute Gasteiger partial charge is 0.222 e. The molecular formula is C12H17NO3. The van der Waals surface area contributed by atoms with Gasteiger partial charge in [-0.3, -0.25) is 4.79 Å². The van der Waals surface area contributed by atoms with Crippen LogP contribution in [0.5, 0.6) is 5.75 Å². The van der Waals surface area contributed by atoms with Gasteiger partial charge in [0.1, 0.15) is 5.75 Å². The van der Waals surface area contributed by atoms with Gasteiger partial charge in [0.15, 0.2) is 0 Å². The van der Waals surface area contributed by atoms with Gasteiger partial charge in [-0.2, -0.15) is 0 Å². The number of aromatic hydroxyl groups is 1. The fourth-order valence-corrected chi connectivity index (χ4v) is 1.25. The van der Waals surface area contributed by atoms with Crippen molar-refractivity contribution in [2.45, 2.75) is 19.9 Å². The second-order valence-electron chi connectivity index (χ2n) is 3.35. The van der Waals surface area contributed by atoms with Gasteiger partial charge in [-0.05, 0) is 13.0 Å². The molecule has 1 amide bonds. The second kappa shape index (κ2) is 6.85. The molecule has 0 atom stereocenters. The number of nitrogens with one attached hydrogen (secondary N) is 1. The molecule has 0 bridgehead atoms. The summed E-state index contributed by atoms with van der Waals surface area (Å²) in [6.45, 7) is 3.29. The first-order valence-electron chi connectivity index (χ1n) is 5.35. The molecule has 0 radical (unpaired) electrons. The Labute approximate surface area is 95.2 Å². The predicted molar refractivity (Wildman–Crippen MR) is 61.1 cm³/mol. The standard InChI is InChI=1S/C12H17NO3/c1-2-16-8-7-12(15)13-9-10-5-3-4-6-11(10)14/h3-6,14H,2,7-9H2,1H3,(H,13,15). The van der Waals surface area contributed by atoms with Crippen LogP contribution >= 0.6 is 0 Å². The first-order valence-corrected chi connectivity index (χ1v) is 5.35. The predicted octanol–water partition coefficient (Wildman–Crippen LogP) is 1.43. The maximum atomic E-state index is 11.3. The van der Waals surface area contributed by atoms with Crippen LogP contribution in [-0.4, -0.2) is 24.2 Å². The zero-order valence-electron chi connectivity index (χ0n) is 9.40. The Kier molecular flexibility index (Phi) is 5.36. The summed E-state index contributed by atoms with van der Waals surface area (Å²) in [5.74, 6) is 0.129. The molecule has 1 aromatic carbocycles. The van der Waals surface area contributed by atoms with Crippen molar-refractivity contribution in [2.24, 2.45) is 0 Å². The Balaban J connectivity index is 2.29. The van der Waals surface area contributed by atoms with E-state index in [0.717, 1.165) is 0 Å². The molecule has 0 unspecified atom stereocenters. The van der Waals surface area contributed by atoms with Crippen molar-refractivity contribution >= 4 is 5.91 Å². The van der Waals surface area contributed by atoms with Crippen LogP contribution in [-0.2, 0) is 16.1 Å². The Bertz CT molecular complexity index is 339. The number of ether oxygens (including phenoxy) is 1. The Hall–Kier alpha value is -1.55. The van der Waals surface area contributed by atoms with E-state index in [-0.39, 0.29) is 11.7 Å². The summed E-state index contributed by atoms with van der Waals surface area (Å²) in [4.78, 5) is 11.3. The number of carbonyl (C=O) groups excluding carboxylic acids is 1. The van der Waals surface area contributed by atoms with E-state index in [1.807, 2.05) is 13.0 Å². The van der Waals surface area contributed by atoms with Crippen LogP contribution in [0.4, 0.5) is 0 Å². The number of benzene rings is 1. The molecule has 0 saturated heterocycles. The summed E-state index contributed by atoms with van der Waals surface area (Å²) in [6, 6.07) is 6.94. The third-order valence-electron chi connectivity index (χ3n) is 2.15. The number of para-hydroxylation sites is 1. The molecule has 2 N–H and O–H groups in total. The minimum Gasteiger partial charge on any atom is -0.508 e. The lowest BCUT2D eigenvalue weighted by Gasteiger charge is -2.06. The first kappa shape index (κ1) is 12.5. The Morgan fingerprint density at radius 1 is 1.44 bits per heavy atom. The minimum absolute atomic E-state index is 0.0725. The second-order valence-corrected chi connectivity index (χ2v) is 3.35. The normalized spacial score (nSPS) is 10.1. The highest BCUT2D eigenvalue weighted by atomic mass is 16.5. The number of hydrogen-bond donors (Lipinski definition) is 2. The van der Waals surface area contributed by atoms with Crippen LogP contribution in [0.3, 0.4) is 0 Å². The van der Waals surface area contributed by atoms with Gasteiger partial charge in [-0.15, -0.1) is 0 Å². The lowest BCUT2D eigenvalue weighted by Crippen LogP contribution is -2.23. The molecular weight excluding hydrogens is 206 g/mol. The quantitative estimate of drug-likeness (QED) is 0.717. The fraction of sp³-hybridized carbons (Fsp3) is 0.417. The van der Waals surface area contributed by atoms with E-state index >= 15 is 0 Å². The van der Waals surface area contributed by atoms with Gasteiger partial charge in [0, 0.05) is 25.1 Å². The maximum absolute atomic E-state index is 11.3. The van der Waals surface area contributed by atoms with Crippen molar-refractivity contribution in [1.82, 2.24) is 5.32 Å². The highest BCUT2D eigenvalue weighted by Gasteiger charge is 2.03. The molecule has 16 heavy (non-hydrogen) atoms. The number of phenols is 1. The number of hydrogen-bond acceptors (Lipinski definition) is 3. The topological polar surface area (TPSA) is 58.6 Å². The van der Waals surface area contributed by atoms with Crippen LogP contribution in [0.25, 0.3) is 0 Å². The van der Waals surface area contributed by atoms with Crippen molar-refractivity contribution < 1.29 is 14.6 Å². The van der Waals surface area contributed by atoms with Gasteiger partial charge in [0.25, 0.3) is 0 Å². The van der Waals surface area contributed by atoms with E-state index < -0.39 is 0 Å². The largest absolute Gasteiger partial charge is 0.508 e. The Morgan fingerprint density at radius 3 is 2.88 bits per heavy atom. The minimum atomic E-state index is -0.0725. The summed E-state index contributed by atoms with van der Waals surface area (Å²) in [7, 11) is 0. The molecule has 0 heterocycles. The zero-order chi connectivity index (χ0) is 11.8. The van der Waals surface area contributed by atoms with Gasteiger partial charge in [-0.1, -0.05) is 18.2 Å². The number of rotatable bonds is 6. The van der Waals surface area contributed by atoms with Crippen LogP contribution < -0.4 is 5.32 Å². The molecule has 0 saturated carbocycles. The molecule has 0 aromatic heterocycles. The number of carbonyl (C=O) groups is 1. The van der Waals surface area contributed by atoms with Crippen LogP contribution in [0, 0.1) is 0 Å². The third-order valence-corrected chi connectivity index (χ3v) is 2.15. The van der Waals surface area contributed by atoms with Gasteiger partial charge < -0.3 is 15.2 Å². The van der Waals surface area contributed by atoms with Gasteiger partial charge in [-0.25, -0.2) is 0 Å². The van der Waals surface area contributed by atoms with E-state index in [9.17, 15) is 9.90 Å². The van der Waals surface area contributed by atoms with Crippen molar-refractivity contribution in [3.05, 3.63) is 29.8 Å². The lowest BCUT2D eigenvalue weighted by molar-refractivity contribution is -0.122. The molecule has 4 nitrogen and oxygen atoms in total. The average Bonchev–Trinajstić information content (AvgIpc) is 2.28. The van der Waals surface area contributed by atoms with Crippen molar-refractivity contribution in [1.29, 1.82) is 0 Å². The van der Waals surface area contributed by atoms with Crippen molar-refractivity contribution in [3.8, 4) is 5.75 Å². The van der Waals surface area contributed by atoms with Crippen LogP contribution in [0.2, 0.25) is 0 Å². The number of amides is 1. The summed E-state index contributed by atoms with van der Waals surface area (Å²) in [5.41, 5.74) is 0.715.